The highest BCUT2D eigenvalue weighted by atomic mass is 15.3. The Morgan fingerprint density at radius 1 is 1.35 bits per heavy atom. The Morgan fingerprint density at radius 3 is 2.88 bits per heavy atom. The molecule has 0 aromatic carbocycles. The molecule has 0 saturated carbocycles. The molecule has 1 atom stereocenters. The molecule has 5 nitrogen and oxygen atoms in total. The lowest BCUT2D eigenvalue weighted by molar-refractivity contribution is 0.599. The van der Waals surface area contributed by atoms with Crippen molar-refractivity contribution < 1.29 is 0 Å². The molecule has 0 saturated heterocycles. The summed E-state index contributed by atoms with van der Waals surface area (Å²) < 4.78 is 1.95. The van der Waals surface area contributed by atoms with Gasteiger partial charge in [-0.1, -0.05) is 6.92 Å². The van der Waals surface area contributed by atoms with Gasteiger partial charge in [-0.05, 0) is 13.5 Å². The van der Waals surface area contributed by atoms with Crippen LogP contribution in [0.25, 0.3) is 0 Å². The predicted octanol–water partition coefficient (Wildman–Crippen LogP) is 1.39. The molecule has 0 spiro atoms. The normalized spacial score (nSPS) is 12.6. The van der Waals surface area contributed by atoms with Crippen molar-refractivity contribution in [2.75, 3.05) is 7.05 Å². The van der Waals surface area contributed by atoms with Crippen molar-refractivity contribution in [1.29, 1.82) is 0 Å². The van der Waals surface area contributed by atoms with E-state index in [2.05, 4.69) is 33.5 Å². The van der Waals surface area contributed by atoms with Crippen LogP contribution in [0.2, 0.25) is 0 Å². The van der Waals surface area contributed by atoms with E-state index in [9.17, 15) is 0 Å². The standard InChI is InChI=1S/C12H17N5/c1-3-6-17-9-10(7-16-17)12(13-2)11-8-14-4-5-15-11/h4-5,7-9,12-13H,3,6H2,1-2H3. The Kier molecular flexibility index (Phi) is 3.82. The fourth-order valence-corrected chi connectivity index (χ4v) is 1.83. The first-order valence-electron chi connectivity index (χ1n) is 5.80. The van der Waals surface area contributed by atoms with Crippen molar-refractivity contribution in [3.05, 3.63) is 42.2 Å². The van der Waals surface area contributed by atoms with Crippen LogP contribution in [-0.4, -0.2) is 26.8 Å². The fourth-order valence-electron chi connectivity index (χ4n) is 1.83. The molecule has 0 bridgehead atoms. The fraction of sp³-hybridized carbons (Fsp3) is 0.417. The Balaban J connectivity index is 2.23. The van der Waals surface area contributed by atoms with Crippen LogP contribution in [0.1, 0.15) is 30.6 Å². The zero-order valence-corrected chi connectivity index (χ0v) is 10.2. The van der Waals surface area contributed by atoms with Gasteiger partial charge in [0.15, 0.2) is 0 Å². The maximum atomic E-state index is 4.33. The average Bonchev–Trinajstić information content (AvgIpc) is 2.81. The van der Waals surface area contributed by atoms with Crippen LogP contribution >= 0.6 is 0 Å². The van der Waals surface area contributed by atoms with Crippen LogP contribution in [0.4, 0.5) is 0 Å². The lowest BCUT2D eigenvalue weighted by Gasteiger charge is -2.12. The molecule has 2 rings (SSSR count). The first-order chi connectivity index (χ1) is 8.35. The van der Waals surface area contributed by atoms with E-state index in [0.29, 0.717) is 0 Å². The van der Waals surface area contributed by atoms with E-state index >= 15 is 0 Å². The molecule has 1 N–H and O–H groups in total. The van der Waals surface area contributed by atoms with E-state index in [1.807, 2.05) is 17.9 Å². The van der Waals surface area contributed by atoms with Crippen LogP contribution in [-0.2, 0) is 6.54 Å². The van der Waals surface area contributed by atoms with Crippen LogP contribution in [0.3, 0.4) is 0 Å². The lowest BCUT2D eigenvalue weighted by Crippen LogP contribution is -2.18. The first-order valence-corrected chi connectivity index (χ1v) is 5.80. The molecule has 90 valence electrons. The molecule has 5 heteroatoms. The molecular formula is C12H17N5. The van der Waals surface area contributed by atoms with Gasteiger partial charge in [0, 0.05) is 30.7 Å². The molecule has 0 aliphatic carbocycles. The number of hydrogen-bond donors (Lipinski definition) is 1. The number of nitrogens with one attached hydrogen (secondary N) is 1. The minimum atomic E-state index is 0.0503. The first kappa shape index (κ1) is 11.7. The molecule has 0 amide bonds. The second-order valence-corrected chi connectivity index (χ2v) is 3.89. The van der Waals surface area contributed by atoms with E-state index in [0.717, 1.165) is 24.2 Å². The van der Waals surface area contributed by atoms with Gasteiger partial charge in [0.2, 0.25) is 0 Å². The van der Waals surface area contributed by atoms with Gasteiger partial charge >= 0.3 is 0 Å². The minimum Gasteiger partial charge on any atom is -0.308 e. The van der Waals surface area contributed by atoms with E-state index in [1.165, 1.54) is 0 Å². The average molecular weight is 231 g/mol. The Morgan fingerprint density at radius 2 is 2.24 bits per heavy atom. The number of nitrogens with zero attached hydrogens (tertiary/aromatic N) is 4. The zero-order valence-electron chi connectivity index (χ0n) is 10.2. The molecule has 2 heterocycles. The van der Waals surface area contributed by atoms with Gasteiger partial charge in [0.1, 0.15) is 0 Å². The second-order valence-electron chi connectivity index (χ2n) is 3.89. The lowest BCUT2D eigenvalue weighted by atomic mass is 10.1. The molecule has 1 unspecified atom stereocenters. The van der Waals surface area contributed by atoms with Crippen LogP contribution in [0.5, 0.6) is 0 Å². The van der Waals surface area contributed by atoms with Gasteiger partial charge in [0.05, 0.1) is 24.1 Å². The number of aromatic nitrogens is 4. The van der Waals surface area contributed by atoms with E-state index in [4.69, 9.17) is 0 Å². The smallest absolute Gasteiger partial charge is 0.0802 e. The SMILES string of the molecule is CCCn1cc(C(NC)c2cnccn2)cn1. The van der Waals surface area contributed by atoms with Crippen molar-refractivity contribution in [3.63, 3.8) is 0 Å². The molecular weight excluding hydrogens is 214 g/mol. The Bertz CT molecular complexity index is 451. The highest BCUT2D eigenvalue weighted by Gasteiger charge is 2.15. The van der Waals surface area contributed by atoms with Crippen LogP contribution in [0, 0.1) is 0 Å². The monoisotopic (exact) mass is 231 g/mol. The molecule has 0 fully saturated rings. The van der Waals surface area contributed by atoms with Gasteiger partial charge in [-0.2, -0.15) is 5.10 Å². The second kappa shape index (κ2) is 5.54. The predicted molar refractivity (Wildman–Crippen MR) is 65.5 cm³/mol. The maximum Gasteiger partial charge on any atom is 0.0802 e. The summed E-state index contributed by atoms with van der Waals surface area (Å²) in [7, 11) is 1.91. The minimum absolute atomic E-state index is 0.0503. The van der Waals surface area contributed by atoms with Crippen molar-refractivity contribution in [1.82, 2.24) is 25.1 Å². The van der Waals surface area contributed by atoms with Crippen LogP contribution < -0.4 is 5.32 Å². The van der Waals surface area contributed by atoms with E-state index < -0.39 is 0 Å². The van der Waals surface area contributed by atoms with Crippen molar-refractivity contribution in [2.45, 2.75) is 25.9 Å². The Hall–Kier alpha value is -1.75. The molecule has 2 aromatic rings. The summed E-state index contributed by atoms with van der Waals surface area (Å²) in [6.07, 6.45) is 10.2. The summed E-state index contributed by atoms with van der Waals surface area (Å²) in [6.45, 7) is 3.08. The number of aryl methyl sites for hydroxylation is 1. The third-order valence-corrected chi connectivity index (χ3v) is 2.61. The summed E-state index contributed by atoms with van der Waals surface area (Å²) in [5, 5.41) is 7.56. The molecule has 0 aliphatic rings. The third-order valence-electron chi connectivity index (χ3n) is 2.61. The van der Waals surface area contributed by atoms with Crippen LogP contribution in [0.15, 0.2) is 31.0 Å². The molecule has 0 radical (unpaired) electrons. The van der Waals surface area contributed by atoms with E-state index in [1.54, 1.807) is 18.6 Å². The van der Waals surface area contributed by atoms with Gasteiger partial charge in [-0.3, -0.25) is 14.6 Å². The summed E-state index contributed by atoms with van der Waals surface area (Å²) in [5.41, 5.74) is 2.02. The summed E-state index contributed by atoms with van der Waals surface area (Å²) in [4.78, 5) is 8.41. The topological polar surface area (TPSA) is 55.6 Å². The quantitative estimate of drug-likeness (QED) is 0.845. The number of hydrogen-bond acceptors (Lipinski definition) is 4. The largest absolute Gasteiger partial charge is 0.308 e. The van der Waals surface area contributed by atoms with Crippen molar-refractivity contribution in [3.8, 4) is 0 Å². The highest BCUT2D eigenvalue weighted by molar-refractivity contribution is 5.21. The number of rotatable bonds is 5. The molecule has 17 heavy (non-hydrogen) atoms. The third kappa shape index (κ3) is 2.68. The van der Waals surface area contributed by atoms with Gasteiger partial charge in [-0.25, -0.2) is 0 Å². The molecule has 2 aromatic heterocycles. The summed E-state index contributed by atoms with van der Waals surface area (Å²) >= 11 is 0. The maximum absolute atomic E-state index is 4.33. The van der Waals surface area contributed by atoms with Gasteiger partial charge in [-0.15, -0.1) is 0 Å². The van der Waals surface area contributed by atoms with Gasteiger partial charge in [0.25, 0.3) is 0 Å². The zero-order chi connectivity index (χ0) is 12.1. The van der Waals surface area contributed by atoms with Crippen molar-refractivity contribution >= 4 is 0 Å². The van der Waals surface area contributed by atoms with Crippen molar-refractivity contribution in [2.24, 2.45) is 0 Å². The van der Waals surface area contributed by atoms with E-state index in [-0.39, 0.29) is 6.04 Å². The highest BCUT2D eigenvalue weighted by Crippen LogP contribution is 2.18. The summed E-state index contributed by atoms with van der Waals surface area (Å²) in [5.74, 6) is 0. The molecule has 0 aliphatic heterocycles. The summed E-state index contributed by atoms with van der Waals surface area (Å²) in [6, 6.07) is 0.0503. The Labute approximate surface area is 101 Å². The van der Waals surface area contributed by atoms with Gasteiger partial charge < -0.3 is 5.32 Å².